The van der Waals surface area contributed by atoms with Crippen LogP contribution in [-0.2, 0) is 17.6 Å². The van der Waals surface area contributed by atoms with Crippen LogP contribution in [0.5, 0.6) is 0 Å². The lowest BCUT2D eigenvalue weighted by Crippen LogP contribution is -2.20. The summed E-state index contributed by atoms with van der Waals surface area (Å²) in [5.41, 5.74) is 3.15. The second kappa shape index (κ2) is 5.23. The van der Waals surface area contributed by atoms with Gasteiger partial charge >= 0.3 is 0 Å². The molecule has 1 aromatic carbocycles. The number of likely N-dealkylation sites (N-methyl/N-ethyl adjacent to an activating group) is 1. The van der Waals surface area contributed by atoms with Gasteiger partial charge in [-0.25, -0.2) is 0 Å². The van der Waals surface area contributed by atoms with Gasteiger partial charge < -0.3 is 4.90 Å². The number of fused-ring (bicyclic) bond motifs is 1. The smallest absolute Gasteiger partial charge is 0.231 e. The Morgan fingerprint density at radius 1 is 1.35 bits per heavy atom. The Morgan fingerprint density at radius 2 is 2.15 bits per heavy atom. The molecule has 3 rings (SSSR count). The molecule has 0 radical (unpaired) electrons. The van der Waals surface area contributed by atoms with E-state index in [2.05, 4.69) is 25.1 Å². The molecule has 0 N–H and O–H groups in total. The third-order valence-electron chi connectivity index (χ3n) is 3.75. The van der Waals surface area contributed by atoms with E-state index in [1.807, 2.05) is 19.2 Å². The first-order valence-corrected chi connectivity index (χ1v) is 7.97. The number of anilines is 1. The molecule has 20 heavy (non-hydrogen) atoms. The molecule has 0 aliphatic carbocycles. The van der Waals surface area contributed by atoms with E-state index in [4.69, 9.17) is 11.6 Å². The average Bonchev–Trinajstić information content (AvgIpc) is 3.04. The molecular weight excluding hydrogens is 290 g/mol. The third-order valence-corrected chi connectivity index (χ3v) is 5.66. The lowest BCUT2D eigenvalue weighted by atomic mass is 10.0. The number of aryl methyl sites for hydroxylation is 1. The normalized spacial score (nSPS) is 15.6. The Morgan fingerprint density at radius 3 is 2.85 bits per heavy atom. The van der Waals surface area contributed by atoms with E-state index in [0.29, 0.717) is 6.42 Å². The Hall–Kier alpha value is -1.32. The molecule has 104 valence electrons. The summed E-state index contributed by atoms with van der Waals surface area (Å²) in [6.45, 7) is 2.15. The van der Waals surface area contributed by atoms with Crippen LogP contribution in [0.2, 0.25) is 0 Å². The van der Waals surface area contributed by atoms with Gasteiger partial charge in [-0.05, 0) is 35.7 Å². The molecule has 1 atom stereocenters. The van der Waals surface area contributed by atoms with Gasteiger partial charge in [0, 0.05) is 22.5 Å². The number of carbonyl (C=O) groups excluding carboxylic acids is 1. The number of rotatable bonds is 3. The van der Waals surface area contributed by atoms with Gasteiger partial charge in [-0.3, -0.25) is 4.79 Å². The number of benzene rings is 1. The van der Waals surface area contributed by atoms with Crippen LogP contribution in [0.3, 0.4) is 0 Å². The van der Waals surface area contributed by atoms with Crippen molar-refractivity contribution in [1.29, 1.82) is 0 Å². The number of halogens is 1. The second-order valence-corrected chi connectivity index (χ2v) is 6.67. The van der Waals surface area contributed by atoms with Gasteiger partial charge in [0.15, 0.2) is 0 Å². The highest BCUT2D eigenvalue weighted by Gasteiger charge is 2.25. The summed E-state index contributed by atoms with van der Waals surface area (Å²) >= 11 is 8.35. The molecule has 0 saturated carbocycles. The molecule has 2 heterocycles. The van der Waals surface area contributed by atoms with E-state index in [-0.39, 0.29) is 11.3 Å². The van der Waals surface area contributed by atoms with Crippen molar-refractivity contribution in [2.24, 2.45) is 0 Å². The number of alkyl halides is 1. The summed E-state index contributed by atoms with van der Waals surface area (Å²) in [5, 5.41) is -0.133. The number of thiophene rings is 1. The topological polar surface area (TPSA) is 20.3 Å². The van der Waals surface area contributed by atoms with E-state index in [0.717, 1.165) is 23.2 Å². The average molecular weight is 306 g/mol. The van der Waals surface area contributed by atoms with Gasteiger partial charge in [0.05, 0.1) is 11.8 Å². The van der Waals surface area contributed by atoms with Crippen LogP contribution in [0.15, 0.2) is 30.3 Å². The Labute approximate surface area is 128 Å². The van der Waals surface area contributed by atoms with Crippen molar-refractivity contribution in [3.8, 4) is 0 Å². The van der Waals surface area contributed by atoms with E-state index in [9.17, 15) is 4.79 Å². The number of carbonyl (C=O) groups is 1. The number of hydrogen-bond donors (Lipinski definition) is 0. The first-order chi connectivity index (χ1) is 9.60. The fraction of sp³-hybridized carbons (Fsp3) is 0.312. The lowest BCUT2D eigenvalue weighted by Gasteiger charge is -2.12. The molecule has 2 nitrogen and oxygen atoms in total. The largest absolute Gasteiger partial charge is 0.315 e. The summed E-state index contributed by atoms with van der Waals surface area (Å²) in [5.74, 6) is 0.146. The van der Waals surface area contributed by atoms with Crippen molar-refractivity contribution >= 4 is 34.5 Å². The highest BCUT2D eigenvalue weighted by molar-refractivity contribution is 7.12. The fourth-order valence-corrected chi connectivity index (χ4v) is 3.83. The van der Waals surface area contributed by atoms with Crippen LogP contribution < -0.4 is 4.90 Å². The van der Waals surface area contributed by atoms with Gasteiger partial charge in [0.1, 0.15) is 0 Å². The first-order valence-electron chi connectivity index (χ1n) is 6.72. The molecule has 1 aliphatic heterocycles. The molecule has 0 saturated heterocycles. The quantitative estimate of drug-likeness (QED) is 0.780. The molecule has 0 spiro atoms. The molecular formula is C16H16ClNOS. The molecule has 0 fully saturated rings. The van der Waals surface area contributed by atoms with Crippen molar-refractivity contribution in [1.82, 2.24) is 0 Å². The minimum atomic E-state index is -0.133. The molecule has 1 aromatic heterocycles. The van der Waals surface area contributed by atoms with Gasteiger partial charge in [-0.15, -0.1) is 22.9 Å². The predicted molar refractivity (Wildman–Crippen MR) is 84.9 cm³/mol. The van der Waals surface area contributed by atoms with E-state index >= 15 is 0 Å². The van der Waals surface area contributed by atoms with Crippen molar-refractivity contribution in [3.63, 3.8) is 0 Å². The number of amides is 1. The van der Waals surface area contributed by atoms with Crippen molar-refractivity contribution in [2.45, 2.75) is 25.1 Å². The fourth-order valence-electron chi connectivity index (χ4n) is 2.53. The van der Waals surface area contributed by atoms with Gasteiger partial charge in [0.25, 0.3) is 0 Å². The molecule has 2 aromatic rings. The Bertz CT molecular complexity index is 664. The molecule has 1 unspecified atom stereocenters. The van der Waals surface area contributed by atoms with E-state index < -0.39 is 0 Å². The van der Waals surface area contributed by atoms with Gasteiger partial charge in [-0.2, -0.15) is 0 Å². The summed E-state index contributed by atoms with van der Waals surface area (Å²) in [6.07, 6.45) is 1.52. The molecule has 1 aliphatic rings. The maximum absolute atomic E-state index is 11.7. The maximum Gasteiger partial charge on any atom is 0.231 e. The highest BCUT2D eigenvalue weighted by atomic mass is 35.5. The van der Waals surface area contributed by atoms with Gasteiger partial charge in [-0.1, -0.05) is 19.1 Å². The zero-order chi connectivity index (χ0) is 14.3. The summed E-state index contributed by atoms with van der Waals surface area (Å²) in [7, 11) is 1.82. The third kappa shape index (κ3) is 2.25. The minimum Gasteiger partial charge on any atom is -0.315 e. The van der Waals surface area contributed by atoms with E-state index in [1.54, 1.807) is 16.2 Å². The summed E-state index contributed by atoms with van der Waals surface area (Å²) in [6, 6.07) is 10.3. The van der Waals surface area contributed by atoms with Crippen molar-refractivity contribution in [3.05, 3.63) is 51.2 Å². The van der Waals surface area contributed by atoms with Crippen molar-refractivity contribution < 1.29 is 4.79 Å². The number of nitrogens with zero attached hydrogens (tertiary/aromatic N) is 1. The highest BCUT2D eigenvalue weighted by Crippen LogP contribution is 2.37. The summed E-state index contributed by atoms with van der Waals surface area (Å²) in [4.78, 5) is 15.9. The van der Waals surface area contributed by atoms with Crippen LogP contribution in [-0.4, -0.2) is 13.0 Å². The maximum atomic E-state index is 11.7. The second-order valence-electron chi connectivity index (χ2n) is 5.04. The molecule has 0 bridgehead atoms. The van der Waals surface area contributed by atoms with Crippen LogP contribution >= 0.6 is 22.9 Å². The molecule has 4 heteroatoms. The van der Waals surface area contributed by atoms with Crippen LogP contribution in [0, 0.1) is 0 Å². The first kappa shape index (κ1) is 13.7. The number of hydrogen-bond acceptors (Lipinski definition) is 2. The zero-order valence-corrected chi connectivity index (χ0v) is 13.1. The SMILES string of the molecule is CCc1ccc(C(Cl)c2ccc3c(c2)CC(=O)N3C)s1. The van der Waals surface area contributed by atoms with Gasteiger partial charge in [0.2, 0.25) is 5.91 Å². The predicted octanol–water partition coefficient (Wildman–Crippen LogP) is 4.16. The van der Waals surface area contributed by atoms with Crippen molar-refractivity contribution in [2.75, 3.05) is 11.9 Å². The van der Waals surface area contributed by atoms with E-state index in [1.165, 1.54) is 9.75 Å². The van der Waals surface area contributed by atoms with Crippen LogP contribution in [0.4, 0.5) is 5.69 Å². The van der Waals surface area contributed by atoms with Crippen LogP contribution in [0.1, 0.15) is 33.2 Å². The monoisotopic (exact) mass is 305 g/mol. The Kier molecular flexibility index (Phi) is 3.57. The summed E-state index contributed by atoms with van der Waals surface area (Å²) < 4.78 is 0. The molecule has 1 amide bonds. The lowest BCUT2D eigenvalue weighted by molar-refractivity contribution is -0.117. The van der Waals surface area contributed by atoms with Crippen LogP contribution in [0.25, 0.3) is 0 Å². The zero-order valence-electron chi connectivity index (χ0n) is 11.5. The minimum absolute atomic E-state index is 0.133. The Balaban J connectivity index is 1.92. The standard InChI is InChI=1S/C16H16ClNOS/c1-3-12-5-7-14(20-12)16(17)10-4-6-13-11(8-10)9-15(19)18(13)2/h4-8,16H,3,9H2,1-2H3.